The third-order valence-electron chi connectivity index (χ3n) is 2.55. The maximum atomic E-state index is 8.83. The number of nitrogens with two attached hydrogens (primary N) is 1. The van der Waals surface area contributed by atoms with E-state index in [0.29, 0.717) is 5.82 Å². The van der Waals surface area contributed by atoms with Crippen molar-refractivity contribution in [3.05, 3.63) is 11.7 Å². The minimum Gasteiger partial charge on any atom is -0.394 e. The second kappa shape index (κ2) is 4.69. The Morgan fingerprint density at radius 2 is 2.33 bits per heavy atom. The number of rotatable bonds is 5. The molecule has 0 aliphatic carbocycles. The first-order chi connectivity index (χ1) is 7.07. The fourth-order valence-corrected chi connectivity index (χ4v) is 1.07. The van der Waals surface area contributed by atoms with Gasteiger partial charge in [-0.05, 0) is 13.3 Å². The van der Waals surface area contributed by atoms with E-state index in [4.69, 9.17) is 20.1 Å². The molecule has 0 aliphatic rings. The highest BCUT2D eigenvalue weighted by atomic mass is 16.5. The van der Waals surface area contributed by atoms with E-state index in [-0.39, 0.29) is 12.5 Å². The minimum absolute atomic E-state index is 0.225. The zero-order valence-electron chi connectivity index (χ0n) is 9.23. The first kappa shape index (κ1) is 12.1. The molecule has 1 unspecified atom stereocenters. The van der Waals surface area contributed by atoms with Crippen LogP contribution in [0.2, 0.25) is 0 Å². The molecule has 1 aromatic rings. The first-order valence-corrected chi connectivity index (χ1v) is 4.83. The van der Waals surface area contributed by atoms with Gasteiger partial charge in [0.1, 0.15) is 11.6 Å². The van der Waals surface area contributed by atoms with Crippen molar-refractivity contribution < 1.29 is 14.4 Å². The van der Waals surface area contributed by atoms with Crippen LogP contribution in [0.15, 0.2) is 4.52 Å². The lowest BCUT2D eigenvalue weighted by atomic mass is 10.0. The highest BCUT2D eigenvalue weighted by molar-refractivity contribution is 5.00. The third-order valence-corrected chi connectivity index (χ3v) is 2.55. The van der Waals surface area contributed by atoms with Crippen molar-refractivity contribution >= 4 is 0 Å². The fraction of sp³-hybridized carbons (Fsp3) is 0.778. The SMILES string of the molecule is CCC(C)(OC)c1noc([C@H](N)CO)n1. The highest BCUT2D eigenvalue weighted by Gasteiger charge is 2.30. The summed E-state index contributed by atoms with van der Waals surface area (Å²) in [4.78, 5) is 4.11. The summed E-state index contributed by atoms with van der Waals surface area (Å²) in [5.74, 6) is 0.677. The molecule has 1 rings (SSSR count). The average Bonchev–Trinajstić information content (AvgIpc) is 2.76. The largest absolute Gasteiger partial charge is 0.394 e. The molecule has 0 saturated carbocycles. The summed E-state index contributed by atoms with van der Waals surface area (Å²) in [6.07, 6.45) is 0.719. The molecular formula is C9H17N3O3. The van der Waals surface area contributed by atoms with Crippen LogP contribution in [0.3, 0.4) is 0 Å². The lowest BCUT2D eigenvalue weighted by molar-refractivity contribution is -0.0106. The summed E-state index contributed by atoms with van der Waals surface area (Å²) in [7, 11) is 1.59. The van der Waals surface area contributed by atoms with Crippen LogP contribution in [0, 0.1) is 0 Å². The van der Waals surface area contributed by atoms with Crippen molar-refractivity contribution in [3.8, 4) is 0 Å². The minimum atomic E-state index is -0.635. The number of aliphatic hydroxyl groups is 1. The Hall–Kier alpha value is -0.980. The molecular weight excluding hydrogens is 198 g/mol. The van der Waals surface area contributed by atoms with Crippen LogP contribution >= 0.6 is 0 Å². The maximum Gasteiger partial charge on any atom is 0.246 e. The van der Waals surface area contributed by atoms with Crippen LogP contribution in [-0.4, -0.2) is 29.0 Å². The molecule has 0 radical (unpaired) electrons. The standard InChI is InChI=1S/C9H17N3O3/c1-4-9(2,14-3)8-11-7(15-12-8)6(10)5-13/h6,13H,4-5,10H2,1-3H3/t6-,9?/m1/s1. The molecule has 86 valence electrons. The Morgan fingerprint density at radius 3 is 2.80 bits per heavy atom. The molecule has 0 amide bonds. The van der Waals surface area contributed by atoms with Crippen LogP contribution in [0.4, 0.5) is 0 Å². The average molecular weight is 215 g/mol. The van der Waals surface area contributed by atoms with E-state index in [1.54, 1.807) is 7.11 Å². The first-order valence-electron chi connectivity index (χ1n) is 4.83. The molecule has 0 fully saturated rings. The molecule has 0 aliphatic heterocycles. The molecule has 6 nitrogen and oxygen atoms in total. The Morgan fingerprint density at radius 1 is 1.67 bits per heavy atom. The third kappa shape index (κ3) is 2.34. The molecule has 15 heavy (non-hydrogen) atoms. The van der Waals surface area contributed by atoms with Crippen LogP contribution in [0.5, 0.6) is 0 Å². The molecule has 6 heteroatoms. The van der Waals surface area contributed by atoms with E-state index < -0.39 is 11.6 Å². The van der Waals surface area contributed by atoms with Crippen LogP contribution in [0.1, 0.15) is 38.0 Å². The highest BCUT2D eigenvalue weighted by Crippen LogP contribution is 2.26. The lowest BCUT2D eigenvalue weighted by Crippen LogP contribution is -2.25. The zero-order valence-corrected chi connectivity index (χ0v) is 9.23. The summed E-state index contributed by atoms with van der Waals surface area (Å²) in [6.45, 7) is 3.61. The summed E-state index contributed by atoms with van der Waals surface area (Å²) in [5, 5.41) is 12.6. The molecule has 2 atom stereocenters. The van der Waals surface area contributed by atoms with Crippen LogP contribution in [-0.2, 0) is 10.3 Å². The lowest BCUT2D eigenvalue weighted by Gasteiger charge is -2.21. The van der Waals surface area contributed by atoms with Gasteiger partial charge in [-0.1, -0.05) is 12.1 Å². The van der Waals surface area contributed by atoms with Crippen LogP contribution in [0.25, 0.3) is 0 Å². The molecule has 1 aromatic heterocycles. The van der Waals surface area contributed by atoms with Crippen LogP contribution < -0.4 is 5.73 Å². The van der Waals surface area contributed by atoms with E-state index in [1.165, 1.54) is 0 Å². The second-order valence-electron chi connectivity index (χ2n) is 3.53. The van der Waals surface area contributed by atoms with E-state index in [1.807, 2.05) is 13.8 Å². The monoisotopic (exact) mass is 215 g/mol. The second-order valence-corrected chi connectivity index (χ2v) is 3.53. The molecule has 1 heterocycles. The van der Waals surface area contributed by atoms with Crippen molar-refractivity contribution in [2.45, 2.75) is 31.9 Å². The van der Waals surface area contributed by atoms with Crippen molar-refractivity contribution in [2.75, 3.05) is 13.7 Å². The maximum absolute atomic E-state index is 8.83. The van der Waals surface area contributed by atoms with Gasteiger partial charge in [0.05, 0.1) is 6.61 Å². The Kier molecular flexibility index (Phi) is 3.78. The van der Waals surface area contributed by atoms with Crippen molar-refractivity contribution in [1.29, 1.82) is 0 Å². The number of hydrogen-bond acceptors (Lipinski definition) is 6. The topological polar surface area (TPSA) is 94.4 Å². The summed E-state index contributed by atoms with van der Waals surface area (Å²) in [5.41, 5.74) is 4.97. The van der Waals surface area contributed by atoms with Crippen molar-refractivity contribution in [3.63, 3.8) is 0 Å². The molecule has 0 aromatic carbocycles. The number of hydrogen-bond donors (Lipinski definition) is 2. The Balaban J connectivity index is 2.92. The number of nitrogens with zero attached hydrogens (tertiary/aromatic N) is 2. The van der Waals surface area contributed by atoms with Gasteiger partial charge in [0.2, 0.25) is 11.7 Å². The summed E-state index contributed by atoms with van der Waals surface area (Å²) < 4.78 is 10.3. The van der Waals surface area contributed by atoms with Gasteiger partial charge in [-0.3, -0.25) is 0 Å². The van der Waals surface area contributed by atoms with Gasteiger partial charge in [0.15, 0.2) is 0 Å². The molecule has 0 spiro atoms. The van der Waals surface area contributed by atoms with Gasteiger partial charge in [0.25, 0.3) is 0 Å². The van der Waals surface area contributed by atoms with Crippen molar-refractivity contribution in [1.82, 2.24) is 10.1 Å². The number of methoxy groups -OCH3 is 1. The number of aromatic nitrogens is 2. The quantitative estimate of drug-likeness (QED) is 0.735. The predicted molar refractivity (Wildman–Crippen MR) is 53.0 cm³/mol. The fourth-order valence-electron chi connectivity index (χ4n) is 1.07. The Bertz CT molecular complexity index is 309. The van der Waals surface area contributed by atoms with E-state index in [0.717, 1.165) is 6.42 Å². The predicted octanol–water partition coefficient (Wildman–Crippen LogP) is 0.333. The van der Waals surface area contributed by atoms with Gasteiger partial charge < -0.3 is 20.1 Å². The normalized spacial score (nSPS) is 17.4. The van der Waals surface area contributed by atoms with E-state index >= 15 is 0 Å². The van der Waals surface area contributed by atoms with Gasteiger partial charge in [-0.15, -0.1) is 0 Å². The zero-order chi connectivity index (χ0) is 11.5. The van der Waals surface area contributed by atoms with Gasteiger partial charge in [-0.25, -0.2) is 0 Å². The van der Waals surface area contributed by atoms with E-state index in [9.17, 15) is 0 Å². The van der Waals surface area contributed by atoms with E-state index in [2.05, 4.69) is 10.1 Å². The van der Waals surface area contributed by atoms with Gasteiger partial charge in [0, 0.05) is 7.11 Å². The Labute approximate surface area is 88.4 Å². The van der Waals surface area contributed by atoms with Gasteiger partial charge in [-0.2, -0.15) is 4.98 Å². The number of ether oxygens (including phenoxy) is 1. The molecule has 3 N–H and O–H groups in total. The van der Waals surface area contributed by atoms with Gasteiger partial charge >= 0.3 is 0 Å². The molecule has 0 saturated heterocycles. The van der Waals surface area contributed by atoms with Crippen molar-refractivity contribution in [2.24, 2.45) is 5.73 Å². The smallest absolute Gasteiger partial charge is 0.246 e. The molecule has 0 bridgehead atoms. The number of aliphatic hydroxyl groups excluding tert-OH is 1. The summed E-state index contributed by atoms with van der Waals surface area (Å²) >= 11 is 0. The summed E-state index contributed by atoms with van der Waals surface area (Å²) in [6, 6.07) is -0.635.